The molecule has 0 radical (unpaired) electrons. The second kappa shape index (κ2) is 8.66. The summed E-state index contributed by atoms with van der Waals surface area (Å²) < 4.78 is 37.9. The van der Waals surface area contributed by atoms with Crippen LogP contribution in [0, 0.1) is 0 Å². The van der Waals surface area contributed by atoms with Gasteiger partial charge < -0.3 is 9.15 Å². The van der Waals surface area contributed by atoms with Gasteiger partial charge in [-0.1, -0.05) is 28.8 Å². The summed E-state index contributed by atoms with van der Waals surface area (Å²) in [7, 11) is -2.36. The Morgan fingerprint density at radius 3 is 2.65 bits per heavy atom. The van der Waals surface area contributed by atoms with Crippen molar-refractivity contribution in [2.24, 2.45) is 0 Å². The SMILES string of the molecule is COc1ccc(S(=O)(=O)N2CCCC2C(=O)Nc2nnc(-c3ccccc3Cl)o2)cc1. The number of rotatable bonds is 6. The number of methoxy groups -OCH3 is 1. The summed E-state index contributed by atoms with van der Waals surface area (Å²) in [6.45, 7) is 0.237. The summed E-state index contributed by atoms with van der Waals surface area (Å²) >= 11 is 6.13. The lowest BCUT2D eigenvalue weighted by molar-refractivity contribution is -0.119. The van der Waals surface area contributed by atoms with Gasteiger partial charge in [0.15, 0.2) is 0 Å². The van der Waals surface area contributed by atoms with Crippen molar-refractivity contribution in [1.82, 2.24) is 14.5 Å². The molecule has 9 nitrogen and oxygen atoms in total. The van der Waals surface area contributed by atoms with Gasteiger partial charge in [-0.25, -0.2) is 8.42 Å². The zero-order valence-electron chi connectivity index (χ0n) is 16.5. The molecule has 1 amide bonds. The average Bonchev–Trinajstić information content (AvgIpc) is 3.44. The minimum absolute atomic E-state index is 0.0896. The van der Waals surface area contributed by atoms with Gasteiger partial charge in [-0.05, 0) is 49.2 Å². The first kappa shape index (κ1) is 21.3. The molecule has 11 heteroatoms. The molecule has 1 unspecified atom stereocenters. The topological polar surface area (TPSA) is 115 Å². The van der Waals surface area contributed by atoms with E-state index in [-0.39, 0.29) is 23.3 Å². The number of anilines is 1. The number of nitrogens with zero attached hydrogens (tertiary/aromatic N) is 3. The monoisotopic (exact) mass is 462 g/mol. The molecule has 0 saturated carbocycles. The van der Waals surface area contributed by atoms with E-state index in [9.17, 15) is 13.2 Å². The van der Waals surface area contributed by atoms with Gasteiger partial charge in [-0.2, -0.15) is 4.31 Å². The third kappa shape index (κ3) is 4.27. The molecule has 1 aliphatic rings. The van der Waals surface area contributed by atoms with Crippen LogP contribution < -0.4 is 10.1 Å². The van der Waals surface area contributed by atoms with Gasteiger partial charge in [0.25, 0.3) is 5.89 Å². The van der Waals surface area contributed by atoms with E-state index in [2.05, 4.69) is 15.5 Å². The molecule has 0 aliphatic carbocycles. The Labute approximate surface area is 184 Å². The van der Waals surface area contributed by atoms with Crippen molar-refractivity contribution >= 4 is 33.5 Å². The van der Waals surface area contributed by atoms with Gasteiger partial charge in [-0.3, -0.25) is 10.1 Å². The Morgan fingerprint density at radius 1 is 1.19 bits per heavy atom. The number of carbonyl (C=O) groups is 1. The van der Waals surface area contributed by atoms with Crippen LogP contribution in [-0.2, 0) is 14.8 Å². The van der Waals surface area contributed by atoms with Gasteiger partial charge in [0, 0.05) is 6.54 Å². The maximum Gasteiger partial charge on any atom is 0.322 e. The normalized spacial score (nSPS) is 16.9. The van der Waals surface area contributed by atoms with E-state index < -0.39 is 22.0 Å². The third-order valence-electron chi connectivity index (χ3n) is 4.93. The van der Waals surface area contributed by atoms with E-state index in [0.717, 1.165) is 0 Å². The van der Waals surface area contributed by atoms with Crippen molar-refractivity contribution in [3.63, 3.8) is 0 Å². The lowest BCUT2D eigenvalue weighted by atomic mass is 10.2. The van der Waals surface area contributed by atoms with Gasteiger partial charge in [0.2, 0.25) is 15.9 Å². The van der Waals surface area contributed by atoms with E-state index >= 15 is 0 Å². The van der Waals surface area contributed by atoms with E-state index in [4.69, 9.17) is 20.8 Å². The highest BCUT2D eigenvalue weighted by atomic mass is 35.5. The number of nitrogens with one attached hydrogen (secondary N) is 1. The van der Waals surface area contributed by atoms with Gasteiger partial charge >= 0.3 is 6.01 Å². The molecule has 1 aromatic heterocycles. The van der Waals surface area contributed by atoms with E-state index in [0.29, 0.717) is 29.2 Å². The minimum atomic E-state index is -3.86. The number of ether oxygens (including phenoxy) is 1. The molecular formula is C20H19ClN4O5S. The summed E-state index contributed by atoms with van der Waals surface area (Å²) in [4.78, 5) is 12.9. The zero-order valence-corrected chi connectivity index (χ0v) is 18.1. The van der Waals surface area contributed by atoms with Crippen molar-refractivity contribution in [1.29, 1.82) is 0 Å². The van der Waals surface area contributed by atoms with Gasteiger partial charge in [0.1, 0.15) is 11.8 Å². The maximum absolute atomic E-state index is 13.1. The van der Waals surface area contributed by atoms with E-state index in [1.165, 1.54) is 23.5 Å². The average molecular weight is 463 g/mol. The molecule has 1 atom stereocenters. The summed E-state index contributed by atoms with van der Waals surface area (Å²) in [5.41, 5.74) is 0.529. The Kier molecular flexibility index (Phi) is 5.94. The Hall–Kier alpha value is -2.95. The largest absolute Gasteiger partial charge is 0.497 e. The van der Waals surface area contributed by atoms with Crippen molar-refractivity contribution in [3.8, 4) is 17.2 Å². The summed E-state index contributed by atoms with van der Waals surface area (Å²) in [5.74, 6) is 0.152. The molecule has 2 heterocycles. The summed E-state index contributed by atoms with van der Waals surface area (Å²) in [6.07, 6.45) is 0.939. The Bertz CT molecular complexity index is 1200. The van der Waals surface area contributed by atoms with Gasteiger partial charge in [0.05, 0.1) is 22.6 Å². The maximum atomic E-state index is 13.1. The molecule has 3 aromatic rings. The second-order valence-electron chi connectivity index (χ2n) is 6.83. The van der Waals surface area contributed by atoms with Crippen LogP contribution in [0.2, 0.25) is 5.02 Å². The van der Waals surface area contributed by atoms with Crippen molar-refractivity contribution in [3.05, 3.63) is 53.6 Å². The first-order valence-electron chi connectivity index (χ1n) is 9.45. The first-order valence-corrected chi connectivity index (χ1v) is 11.3. The van der Waals surface area contributed by atoms with Crippen LogP contribution in [0.1, 0.15) is 12.8 Å². The van der Waals surface area contributed by atoms with E-state index in [1.54, 1.807) is 36.4 Å². The number of sulfonamides is 1. The molecule has 1 fully saturated rings. The number of amides is 1. The fourth-order valence-corrected chi connectivity index (χ4v) is 5.25. The molecule has 2 aromatic carbocycles. The molecule has 4 rings (SSSR count). The predicted molar refractivity (Wildman–Crippen MR) is 113 cm³/mol. The number of hydrogen-bond donors (Lipinski definition) is 1. The number of halogens is 1. The predicted octanol–water partition coefficient (Wildman–Crippen LogP) is 3.19. The molecule has 0 spiro atoms. The molecule has 162 valence electrons. The summed E-state index contributed by atoms with van der Waals surface area (Å²) in [6, 6.07) is 11.9. The highest BCUT2D eigenvalue weighted by molar-refractivity contribution is 7.89. The van der Waals surface area contributed by atoms with Crippen LogP contribution in [0.4, 0.5) is 6.01 Å². The molecule has 1 N–H and O–H groups in total. The van der Waals surface area contributed by atoms with E-state index in [1.807, 2.05) is 0 Å². The molecule has 1 aliphatic heterocycles. The number of hydrogen-bond acceptors (Lipinski definition) is 7. The quantitative estimate of drug-likeness (QED) is 0.598. The minimum Gasteiger partial charge on any atom is -0.497 e. The lowest BCUT2D eigenvalue weighted by Gasteiger charge is -2.22. The molecule has 31 heavy (non-hydrogen) atoms. The Balaban J connectivity index is 1.51. The zero-order chi connectivity index (χ0) is 22.0. The summed E-state index contributed by atoms with van der Waals surface area (Å²) in [5, 5.41) is 10.7. The molecule has 1 saturated heterocycles. The van der Waals surface area contributed by atoms with Crippen molar-refractivity contribution in [2.75, 3.05) is 19.0 Å². The molecular weight excluding hydrogens is 444 g/mol. The van der Waals surface area contributed by atoms with Crippen LogP contribution >= 0.6 is 11.6 Å². The highest BCUT2D eigenvalue weighted by Gasteiger charge is 2.40. The van der Waals surface area contributed by atoms with Crippen molar-refractivity contribution in [2.45, 2.75) is 23.8 Å². The van der Waals surface area contributed by atoms with Crippen molar-refractivity contribution < 1.29 is 22.4 Å². The van der Waals surface area contributed by atoms with Crippen LogP contribution in [0.3, 0.4) is 0 Å². The third-order valence-corrected chi connectivity index (χ3v) is 7.18. The van der Waals surface area contributed by atoms with Crippen LogP contribution in [0.25, 0.3) is 11.5 Å². The second-order valence-corrected chi connectivity index (χ2v) is 9.13. The number of benzene rings is 2. The number of carbonyl (C=O) groups excluding carboxylic acids is 1. The van der Waals surface area contributed by atoms with Crippen LogP contribution in [-0.4, -0.2) is 48.5 Å². The first-order chi connectivity index (χ1) is 14.9. The fourth-order valence-electron chi connectivity index (χ4n) is 3.38. The highest BCUT2D eigenvalue weighted by Crippen LogP contribution is 2.29. The standard InChI is InChI=1S/C20H19ClN4O5S/c1-29-13-8-10-14(11-9-13)31(27,28)25-12-4-7-17(25)18(26)22-20-24-23-19(30-20)15-5-2-3-6-16(15)21/h2-3,5-6,8-11,17H,4,7,12H2,1H3,(H,22,24,26). The van der Waals surface area contributed by atoms with Gasteiger partial charge in [-0.15, -0.1) is 5.10 Å². The smallest absolute Gasteiger partial charge is 0.322 e. The van der Waals surface area contributed by atoms with Crippen LogP contribution in [0.15, 0.2) is 57.8 Å². The number of aromatic nitrogens is 2. The Morgan fingerprint density at radius 2 is 1.94 bits per heavy atom. The van der Waals surface area contributed by atoms with Crippen LogP contribution in [0.5, 0.6) is 5.75 Å². The lowest BCUT2D eigenvalue weighted by Crippen LogP contribution is -2.43. The molecule has 0 bridgehead atoms. The fraction of sp³-hybridized carbons (Fsp3) is 0.250.